The normalized spacial score (nSPS) is 11.4. The van der Waals surface area contributed by atoms with E-state index in [0.717, 1.165) is 39.0 Å². The molecule has 3 aromatic carbocycles. The number of fused-ring (bicyclic) bond motifs is 1. The molecule has 2 N–H and O–H groups in total. The Labute approximate surface area is 148 Å². The summed E-state index contributed by atoms with van der Waals surface area (Å²) in [6.07, 6.45) is 1.59. The molecule has 0 aromatic heterocycles. The van der Waals surface area contributed by atoms with Gasteiger partial charge in [0.05, 0.1) is 0 Å². The minimum absolute atomic E-state index is 0.146. The van der Waals surface area contributed by atoms with Crippen molar-refractivity contribution in [2.24, 2.45) is 0 Å². The van der Waals surface area contributed by atoms with Crippen LogP contribution >= 0.6 is 0 Å². The Morgan fingerprint density at radius 1 is 0.840 bits per heavy atom. The van der Waals surface area contributed by atoms with Crippen molar-refractivity contribution in [3.05, 3.63) is 83.6 Å². The van der Waals surface area contributed by atoms with Gasteiger partial charge in [-0.2, -0.15) is 0 Å². The van der Waals surface area contributed by atoms with E-state index in [1.54, 1.807) is 6.08 Å². The van der Waals surface area contributed by atoms with Crippen LogP contribution in [-0.4, -0.2) is 5.91 Å². The number of carbonyl (C=O) groups is 1. The number of para-hydroxylation sites is 1. The Morgan fingerprint density at radius 2 is 1.48 bits per heavy atom. The summed E-state index contributed by atoms with van der Waals surface area (Å²) in [4.78, 5) is 12.4. The van der Waals surface area contributed by atoms with Gasteiger partial charge in [-0.15, -0.1) is 0 Å². The summed E-state index contributed by atoms with van der Waals surface area (Å²) in [5.41, 5.74) is 4.98. The van der Waals surface area contributed by atoms with E-state index in [-0.39, 0.29) is 5.91 Å². The smallest absolute Gasteiger partial charge is 0.250 e. The topological polar surface area (TPSA) is 41.1 Å². The van der Waals surface area contributed by atoms with Gasteiger partial charge in [-0.3, -0.25) is 4.79 Å². The molecule has 3 nitrogen and oxygen atoms in total. The van der Waals surface area contributed by atoms with Gasteiger partial charge < -0.3 is 10.6 Å². The van der Waals surface area contributed by atoms with Crippen molar-refractivity contribution in [1.82, 2.24) is 0 Å². The minimum Gasteiger partial charge on any atom is -0.359 e. The number of hydrogen-bond acceptors (Lipinski definition) is 2. The fraction of sp³-hybridized carbons (Fsp3) is 0.136. The molecule has 1 amide bonds. The molecular weight excluding hydrogens is 308 g/mol. The van der Waals surface area contributed by atoms with Crippen LogP contribution in [-0.2, 0) is 4.79 Å². The number of carbonyl (C=O) groups excluding carboxylic acids is 1. The minimum atomic E-state index is -0.146. The first-order valence-electron chi connectivity index (χ1n) is 8.35. The van der Waals surface area contributed by atoms with Crippen LogP contribution in [0.1, 0.15) is 18.1 Å². The number of anilines is 2. The Balaban J connectivity index is 1.78. The third-order valence-electron chi connectivity index (χ3n) is 4.20. The molecule has 0 spiro atoms. The Bertz CT molecular complexity index is 932. The van der Waals surface area contributed by atoms with Crippen LogP contribution in [0.5, 0.6) is 0 Å². The SMILES string of the molecule is CC(=CC(=O)Nc1cccc2ccccc12)Nc1c(C)cccc1C. The van der Waals surface area contributed by atoms with Crippen LogP contribution in [0.25, 0.3) is 10.8 Å². The molecule has 0 atom stereocenters. The molecule has 25 heavy (non-hydrogen) atoms. The molecule has 3 aromatic rings. The number of amides is 1. The highest BCUT2D eigenvalue weighted by molar-refractivity contribution is 6.06. The van der Waals surface area contributed by atoms with Gasteiger partial charge in [0.1, 0.15) is 0 Å². The van der Waals surface area contributed by atoms with Gasteiger partial charge in [-0.1, -0.05) is 54.6 Å². The maximum absolute atomic E-state index is 12.4. The van der Waals surface area contributed by atoms with Crippen molar-refractivity contribution in [2.75, 3.05) is 10.6 Å². The lowest BCUT2D eigenvalue weighted by molar-refractivity contribution is -0.111. The highest BCUT2D eigenvalue weighted by atomic mass is 16.1. The molecule has 0 fully saturated rings. The zero-order valence-electron chi connectivity index (χ0n) is 14.8. The summed E-state index contributed by atoms with van der Waals surface area (Å²) in [6.45, 7) is 6.01. The first-order valence-corrected chi connectivity index (χ1v) is 8.35. The van der Waals surface area contributed by atoms with Gasteiger partial charge in [0, 0.05) is 28.5 Å². The lowest BCUT2D eigenvalue weighted by Crippen LogP contribution is -2.11. The van der Waals surface area contributed by atoms with E-state index in [9.17, 15) is 4.79 Å². The molecule has 0 bridgehead atoms. The molecule has 0 saturated heterocycles. The number of hydrogen-bond donors (Lipinski definition) is 2. The van der Waals surface area contributed by atoms with Gasteiger partial charge in [0.15, 0.2) is 0 Å². The second-order valence-corrected chi connectivity index (χ2v) is 6.24. The molecule has 0 aliphatic carbocycles. The largest absolute Gasteiger partial charge is 0.359 e. The molecule has 0 heterocycles. The number of allylic oxidation sites excluding steroid dienone is 1. The van der Waals surface area contributed by atoms with Crippen molar-refractivity contribution < 1.29 is 4.79 Å². The molecule has 0 aliphatic rings. The second kappa shape index (κ2) is 7.22. The number of benzene rings is 3. The van der Waals surface area contributed by atoms with Crippen LogP contribution in [0, 0.1) is 13.8 Å². The number of nitrogens with one attached hydrogen (secondary N) is 2. The summed E-state index contributed by atoms with van der Waals surface area (Å²) in [5, 5.41) is 8.45. The second-order valence-electron chi connectivity index (χ2n) is 6.24. The highest BCUT2D eigenvalue weighted by Gasteiger charge is 2.06. The maximum Gasteiger partial charge on any atom is 0.250 e. The van der Waals surface area contributed by atoms with Crippen molar-refractivity contribution in [3.63, 3.8) is 0 Å². The maximum atomic E-state index is 12.4. The monoisotopic (exact) mass is 330 g/mol. The molecular formula is C22H22N2O. The average Bonchev–Trinajstić information content (AvgIpc) is 2.58. The summed E-state index contributed by atoms with van der Waals surface area (Å²) >= 11 is 0. The summed E-state index contributed by atoms with van der Waals surface area (Å²) in [6, 6.07) is 20.1. The summed E-state index contributed by atoms with van der Waals surface area (Å²) in [5.74, 6) is -0.146. The predicted octanol–water partition coefficient (Wildman–Crippen LogP) is 5.41. The van der Waals surface area contributed by atoms with Crippen LogP contribution in [0.3, 0.4) is 0 Å². The molecule has 0 saturated carbocycles. The lowest BCUT2D eigenvalue weighted by Gasteiger charge is -2.13. The van der Waals surface area contributed by atoms with Gasteiger partial charge >= 0.3 is 0 Å². The van der Waals surface area contributed by atoms with Crippen LogP contribution in [0.4, 0.5) is 11.4 Å². The van der Waals surface area contributed by atoms with E-state index >= 15 is 0 Å². The van der Waals surface area contributed by atoms with Crippen LogP contribution < -0.4 is 10.6 Å². The lowest BCUT2D eigenvalue weighted by atomic mass is 10.1. The van der Waals surface area contributed by atoms with E-state index in [1.165, 1.54) is 0 Å². The molecule has 126 valence electrons. The molecule has 0 radical (unpaired) electrons. The third kappa shape index (κ3) is 3.89. The standard InChI is InChI=1S/C22H22N2O/c1-15-8-6-9-16(2)22(15)23-17(3)14-21(25)24-20-13-7-11-18-10-4-5-12-19(18)20/h4-14,23H,1-3H3,(H,24,25). The van der Waals surface area contributed by atoms with E-state index in [0.29, 0.717) is 0 Å². The third-order valence-corrected chi connectivity index (χ3v) is 4.20. The van der Waals surface area contributed by atoms with Gasteiger partial charge in [0.2, 0.25) is 5.91 Å². The first kappa shape index (κ1) is 16.8. The molecule has 3 heteroatoms. The van der Waals surface area contributed by atoms with Crippen LogP contribution in [0.15, 0.2) is 72.4 Å². The van der Waals surface area contributed by atoms with E-state index in [4.69, 9.17) is 0 Å². The van der Waals surface area contributed by atoms with Crippen LogP contribution in [0.2, 0.25) is 0 Å². The molecule has 0 unspecified atom stereocenters. The molecule has 3 rings (SSSR count). The fourth-order valence-corrected chi connectivity index (χ4v) is 2.94. The zero-order chi connectivity index (χ0) is 17.8. The van der Waals surface area contributed by atoms with E-state index < -0.39 is 0 Å². The summed E-state index contributed by atoms with van der Waals surface area (Å²) in [7, 11) is 0. The van der Waals surface area contributed by atoms with Crippen molar-refractivity contribution >= 4 is 28.1 Å². The highest BCUT2D eigenvalue weighted by Crippen LogP contribution is 2.23. The van der Waals surface area contributed by atoms with Crippen molar-refractivity contribution in [2.45, 2.75) is 20.8 Å². The average molecular weight is 330 g/mol. The predicted molar refractivity (Wildman–Crippen MR) is 106 cm³/mol. The Kier molecular flexibility index (Phi) is 4.85. The molecule has 0 aliphatic heterocycles. The summed E-state index contributed by atoms with van der Waals surface area (Å²) < 4.78 is 0. The van der Waals surface area contributed by atoms with Gasteiger partial charge in [-0.25, -0.2) is 0 Å². The Hall–Kier alpha value is -3.07. The number of rotatable bonds is 4. The van der Waals surface area contributed by atoms with E-state index in [1.807, 2.05) is 55.5 Å². The fourth-order valence-electron chi connectivity index (χ4n) is 2.94. The van der Waals surface area contributed by atoms with Gasteiger partial charge in [-0.05, 0) is 43.4 Å². The zero-order valence-corrected chi connectivity index (χ0v) is 14.8. The van der Waals surface area contributed by atoms with Crippen molar-refractivity contribution in [3.8, 4) is 0 Å². The van der Waals surface area contributed by atoms with Crippen molar-refractivity contribution in [1.29, 1.82) is 0 Å². The quantitative estimate of drug-likeness (QED) is 0.628. The Morgan fingerprint density at radius 3 is 2.24 bits per heavy atom. The van der Waals surface area contributed by atoms with E-state index in [2.05, 4.69) is 36.6 Å². The van der Waals surface area contributed by atoms with Gasteiger partial charge in [0.25, 0.3) is 0 Å². The number of aryl methyl sites for hydroxylation is 2. The first-order chi connectivity index (χ1) is 12.0.